The Morgan fingerprint density at radius 1 is 1.12 bits per heavy atom. The van der Waals surface area contributed by atoms with Gasteiger partial charge in [-0.05, 0) is 43.3 Å². The fourth-order valence-electron chi connectivity index (χ4n) is 2.32. The number of sulfonamides is 1. The Morgan fingerprint density at radius 3 is 2.23 bits per heavy atom. The largest absolute Gasteiger partial charge is 0.333 e. The van der Waals surface area contributed by atoms with Crippen molar-refractivity contribution in [1.82, 2.24) is 4.31 Å². The van der Waals surface area contributed by atoms with E-state index in [4.69, 9.17) is 11.6 Å². The predicted molar refractivity (Wildman–Crippen MR) is 103 cm³/mol. The molecule has 1 atom stereocenters. The van der Waals surface area contributed by atoms with E-state index >= 15 is 0 Å². The van der Waals surface area contributed by atoms with Crippen LogP contribution in [0.5, 0.6) is 0 Å². The van der Waals surface area contributed by atoms with E-state index in [0.29, 0.717) is 10.7 Å². The van der Waals surface area contributed by atoms with Crippen molar-refractivity contribution in [2.24, 2.45) is 0 Å². The van der Waals surface area contributed by atoms with Crippen molar-refractivity contribution in [3.63, 3.8) is 0 Å². The number of amides is 1. The summed E-state index contributed by atoms with van der Waals surface area (Å²) in [4.78, 5) is 12.3. The lowest BCUT2D eigenvalue weighted by atomic mass is 10.1. The average Bonchev–Trinajstić information content (AvgIpc) is 2.60. The summed E-state index contributed by atoms with van der Waals surface area (Å²) in [5, 5.41) is 5.37. The average molecular weight is 397 g/mol. The van der Waals surface area contributed by atoms with Gasteiger partial charge in [0.1, 0.15) is 6.04 Å². The first-order valence-electron chi connectivity index (χ1n) is 8.11. The molecule has 6 nitrogen and oxygen atoms in total. The van der Waals surface area contributed by atoms with Gasteiger partial charge < -0.3 is 10.6 Å². The molecule has 0 saturated carbocycles. The molecule has 26 heavy (non-hydrogen) atoms. The Hall–Kier alpha value is -1.93. The molecule has 0 aliphatic heterocycles. The third-order valence-corrected chi connectivity index (χ3v) is 6.05. The number of nitrogens with one attached hydrogen (secondary N) is 1. The van der Waals surface area contributed by atoms with Gasteiger partial charge in [0, 0.05) is 30.4 Å². The highest BCUT2D eigenvalue weighted by molar-refractivity contribution is 7.89. The zero-order valence-electron chi connectivity index (χ0n) is 14.9. The molecule has 0 spiro atoms. The molecule has 0 saturated heterocycles. The van der Waals surface area contributed by atoms with Crippen LogP contribution in [0.4, 0.5) is 5.69 Å². The summed E-state index contributed by atoms with van der Waals surface area (Å²) >= 11 is 5.88. The second kappa shape index (κ2) is 8.64. The zero-order chi connectivity index (χ0) is 19.3. The fourth-order valence-corrected chi connectivity index (χ4v) is 3.35. The van der Waals surface area contributed by atoms with Gasteiger partial charge in [-0.25, -0.2) is 12.7 Å². The first kappa shape index (κ1) is 20.4. The number of halogens is 1. The molecule has 0 radical (unpaired) electrons. The van der Waals surface area contributed by atoms with Gasteiger partial charge in [0.05, 0.1) is 4.90 Å². The number of hydrogen-bond acceptors (Lipinski definition) is 3. The molecule has 0 aliphatic carbocycles. The minimum Gasteiger partial charge on any atom is -0.333 e. The Bertz CT molecular complexity index is 850. The molecule has 2 aromatic rings. The first-order valence-corrected chi connectivity index (χ1v) is 9.93. The van der Waals surface area contributed by atoms with Gasteiger partial charge in [-0.15, -0.1) is 0 Å². The molecule has 2 rings (SSSR count). The highest BCUT2D eigenvalue weighted by Crippen LogP contribution is 2.16. The maximum atomic E-state index is 12.1. The van der Waals surface area contributed by atoms with Crippen molar-refractivity contribution in [2.45, 2.75) is 17.9 Å². The third-order valence-electron chi connectivity index (χ3n) is 3.97. The Kier molecular flexibility index (Phi) is 6.77. The van der Waals surface area contributed by atoms with Gasteiger partial charge in [-0.2, -0.15) is 0 Å². The maximum absolute atomic E-state index is 12.1. The van der Waals surface area contributed by atoms with Crippen LogP contribution in [0, 0.1) is 0 Å². The number of carbonyl (C=O) groups is 1. The summed E-state index contributed by atoms with van der Waals surface area (Å²) in [6.45, 7) is 2.26. The van der Waals surface area contributed by atoms with Crippen LogP contribution in [0.25, 0.3) is 0 Å². The molecule has 2 aromatic carbocycles. The summed E-state index contributed by atoms with van der Waals surface area (Å²) in [6.07, 6.45) is 0. The van der Waals surface area contributed by atoms with E-state index < -0.39 is 10.0 Å². The first-order chi connectivity index (χ1) is 12.2. The third kappa shape index (κ3) is 5.28. The maximum Gasteiger partial charge on any atom is 0.279 e. The molecule has 0 aromatic heterocycles. The summed E-state index contributed by atoms with van der Waals surface area (Å²) in [5.41, 5.74) is 1.64. The predicted octanol–water partition coefficient (Wildman–Crippen LogP) is 1.85. The summed E-state index contributed by atoms with van der Waals surface area (Å²) in [5.74, 6) is -0.158. The van der Waals surface area contributed by atoms with Gasteiger partial charge in [0.2, 0.25) is 10.0 Å². The van der Waals surface area contributed by atoms with Gasteiger partial charge >= 0.3 is 0 Å². The van der Waals surface area contributed by atoms with Crippen LogP contribution in [-0.2, 0) is 14.8 Å². The topological polar surface area (TPSA) is 83.1 Å². The van der Waals surface area contributed by atoms with Gasteiger partial charge in [0.25, 0.3) is 5.91 Å². The minimum absolute atomic E-state index is 0.116. The van der Waals surface area contributed by atoms with E-state index in [2.05, 4.69) is 5.32 Å². The Morgan fingerprint density at radius 2 is 1.69 bits per heavy atom. The van der Waals surface area contributed by atoms with Crippen molar-refractivity contribution < 1.29 is 18.5 Å². The van der Waals surface area contributed by atoms with E-state index in [9.17, 15) is 13.2 Å². The molecular weight excluding hydrogens is 374 g/mol. The van der Waals surface area contributed by atoms with Crippen LogP contribution in [0.15, 0.2) is 53.4 Å². The Labute approximate surface area is 159 Å². The zero-order valence-corrected chi connectivity index (χ0v) is 16.5. The summed E-state index contributed by atoms with van der Waals surface area (Å²) in [7, 11) is -0.522. The smallest absolute Gasteiger partial charge is 0.279 e. The summed E-state index contributed by atoms with van der Waals surface area (Å²) < 4.78 is 25.2. The quantitative estimate of drug-likeness (QED) is 0.749. The Balaban J connectivity index is 1.90. The SMILES string of the molecule is C[C@H]([NH2+]CC(=O)Nc1ccc(S(=O)(=O)N(C)C)cc1)c1ccc(Cl)cc1. The van der Waals surface area contributed by atoms with Gasteiger partial charge in [0.15, 0.2) is 6.54 Å². The van der Waals surface area contributed by atoms with Crippen molar-refractivity contribution in [3.05, 3.63) is 59.1 Å². The highest BCUT2D eigenvalue weighted by atomic mass is 35.5. The highest BCUT2D eigenvalue weighted by Gasteiger charge is 2.17. The van der Waals surface area contributed by atoms with Crippen LogP contribution in [0.1, 0.15) is 18.5 Å². The number of benzene rings is 2. The van der Waals surface area contributed by atoms with E-state index in [0.717, 1.165) is 9.87 Å². The van der Waals surface area contributed by atoms with E-state index in [-0.39, 0.29) is 23.4 Å². The second-order valence-corrected chi connectivity index (χ2v) is 8.73. The molecule has 0 heterocycles. The summed E-state index contributed by atoms with van der Waals surface area (Å²) in [6, 6.07) is 13.8. The van der Waals surface area contributed by atoms with Crippen LogP contribution < -0.4 is 10.6 Å². The van der Waals surface area contributed by atoms with Crippen molar-refractivity contribution >= 4 is 33.2 Å². The lowest BCUT2D eigenvalue weighted by Gasteiger charge is -2.13. The van der Waals surface area contributed by atoms with Crippen molar-refractivity contribution in [2.75, 3.05) is 26.0 Å². The number of rotatable bonds is 7. The second-order valence-electron chi connectivity index (χ2n) is 6.14. The molecule has 0 fully saturated rings. The normalized spacial score (nSPS) is 12.8. The molecular formula is C18H23ClN3O3S+. The standard InChI is InChI=1S/C18H22ClN3O3S/c1-13(14-4-6-15(19)7-5-14)20-12-18(23)21-16-8-10-17(11-9-16)26(24,25)22(2)3/h4-11,13,20H,12H2,1-3H3,(H,21,23)/p+1/t13-/m0/s1. The van der Waals surface area contributed by atoms with Gasteiger partial charge in [-0.3, -0.25) is 4.79 Å². The molecule has 0 bridgehead atoms. The molecule has 1 amide bonds. The molecule has 0 unspecified atom stereocenters. The number of nitrogens with two attached hydrogens (primary N) is 1. The monoisotopic (exact) mass is 396 g/mol. The number of hydrogen-bond donors (Lipinski definition) is 2. The minimum atomic E-state index is -3.47. The van der Waals surface area contributed by atoms with Crippen LogP contribution in [-0.4, -0.2) is 39.3 Å². The van der Waals surface area contributed by atoms with Crippen molar-refractivity contribution in [1.29, 1.82) is 0 Å². The lowest BCUT2D eigenvalue weighted by molar-refractivity contribution is -0.682. The number of quaternary nitrogens is 1. The molecule has 140 valence electrons. The molecule has 0 aliphatic rings. The van der Waals surface area contributed by atoms with Crippen LogP contribution >= 0.6 is 11.6 Å². The van der Waals surface area contributed by atoms with E-state index in [1.165, 1.54) is 26.2 Å². The van der Waals surface area contributed by atoms with Crippen LogP contribution in [0.3, 0.4) is 0 Å². The van der Waals surface area contributed by atoms with E-state index in [1.807, 2.05) is 36.5 Å². The molecule has 8 heteroatoms. The van der Waals surface area contributed by atoms with Crippen molar-refractivity contribution in [3.8, 4) is 0 Å². The molecule has 3 N–H and O–H groups in total. The number of anilines is 1. The lowest BCUT2D eigenvalue weighted by Crippen LogP contribution is -2.86. The van der Waals surface area contributed by atoms with Gasteiger partial charge in [-0.1, -0.05) is 23.7 Å². The fraction of sp³-hybridized carbons (Fsp3) is 0.278. The number of nitrogens with zero attached hydrogens (tertiary/aromatic N) is 1. The van der Waals surface area contributed by atoms with Crippen LogP contribution in [0.2, 0.25) is 5.02 Å². The number of carbonyl (C=O) groups excluding carboxylic acids is 1. The van der Waals surface area contributed by atoms with E-state index in [1.54, 1.807) is 12.1 Å².